The van der Waals surface area contributed by atoms with E-state index < -0.39 is 0 Å². The van der Waals surface area contributed by atoms with Crippen molar-refractivity contribution < 1.29 is 0 Å². The van der Waals surface area contributed by atoms with Gasteiger partial charge in [0, 0.05) is 43.6 Å². The van der Waals surface area contributed by atoms with Crippen LogP contribution >= 0.6 is 0 Å². The Morgan fingerprint density at radius 1 is 1.15 bits per heavy atom. The monoisotopic (exact) mass is 359 g/mol. The van der Waals surface area contributed by atoms with Crippen molar-refractivity contribution in [2.24, 2.45) is 16.8 Å². The molecule has 2 heterocycles. The number of likely N-dealkylation sites (tertiary alicyclic amines) is 1. The number of fused-ring (bicyclic) bond motifs is 3. The third-order valence-electron chi connectivity index (χ3n) is 6.69. The highest BCUT2D eigenvalue weighted by Crippen LogP contribution is 2.39. The van der Waals surface area contributed by atoms with Crippen LogP contribution in [-0.4, -0.2) is 33.2 Å². The number of nitriles is 1. The second-order valence-corrected chi connectivity index (χ2v) is 8.01. The summed E-state index contributed by atoms with van der Waals surface area (Å²) in [6.45, 7) is 5.17. The Hall–Kier alpha value is -2.50. The summed E-state index contributed by atoms with van der Waals surface area (Å²) in [7, 11) is 0. The molecule has 0 spiro atoms. The molecule has 1 saturated carbocycles. The quantitative estimate of drug-likeness (QED) is 0.625. The highest BCUT2D eigenvalue weighted by atomic mass is 15.2. The van der Waals surface area contributed by atoms with Gasteiger partial charge in [0.15, 0.2) is 0 Å². The number of para-hydroxylation sites is 2. The van der Waals surface area contributed by atoms with Crippen LogP contribution in [0.2, 0.25) is 0 Å². The maximum atomic E-state index is 9.27. The third-order valence-corrected chi connectivity index (χ3v) is 6.69. The molecule has 5 heteroatoms. The molecule has 0 amide bonds. The summed E-state index contributed by atoms with van der Waals surface area (Å²) in [4.78, 5) is 6.89. The van der Waals surface area contributed by atoms with Crippen molar-refractivity contribution in [2.45, 2.75) is 51.2 Å². The topological polar surface area (TPSA) is 49.2 Å². The molecule has 5 rings (SSSR count). The van der Waals surface area contributed by atoms with E-state index in [1.54, 1.807) is 0 Å². The second kappa shape index (κ2) is 6.59. The largest absolute Gasteiger partial charge is 0.310 e. The van der Waals surface area contributed by atoms with Crippen molar-refractivity contribution in [2.75, 3.05) is 13.1 Å². The van der Waals surface area contributed by atoms with Crippen molar-refractivity contribution >= 4 is 11.0 Å². The van der Waals surface area contributed by atoms with Crippen LogP contribution in [0, 0.1) is 35.1 Å². The molecule has 1 aromatic heterocycles. The molecule has 138 valence electrons. The van der Waals surface area contributed by atoms with E-state index in [0.29, 0.717) is 23.9 Å². The van der Waals surface area contributed by atoms with Gasteiger partial charge in [-0.05, 0) is 44.7 Å². The van der Waals surface area contributed by atoms with Gasteiger partial charge in [-0.15, -0.1) is 4.99 Å². The normalized spacial score (nSPS) is 28.4. The number of nitrogens with zero attached hydrogens (tertiary/aromatic N) is 5. The van der Waals surface area contributed by atoms with E-state index in [4.69, 9.17) is 0 Å². The van der Waals surface area contributed by atoms with Gasteiger partial charge in [-0.25, -0.2) is 0 Å². The zero-order valence-corrected chi connectivity index (χ0v) is 15.8. The molecular weight excluding hydrogens is 334 g/mol. The lowest BCUT2D eigenvalue weighted by Gasteiger charge is -2.38. The summed E-state index contributed by atoms with van der Waals surface area (Å²) in [5.74, 6) is 8.09. The Bertz CT molecular complexity index is 1030. The van der Waals surface area contributed by atoms with Crippen LogP contribution in [0.3, 0.4) is 0 Å². The number of rotatable bonds is 3. The lowest BCUT2D eigenvalue weighted by atomic mass is 9.96. The van der Waals surface area contributed by atoms with Crippen molar-refractivity contribution in [1.82, 2.24) is 14.0 Å². The van der Waals surface area contributed by atoms with Gasteiger partial charge in [-0.3, -0.25) is 4.90 Å². The zero-order chi connectivity index (χ0) is 18.4. The average Bonchev–Trinajstić information content (AvgIpc) is 3.41. The minimum absolute atomic E-state index is 0.399. The van der Waals surface area contributed by atoms with Crippen LogP contribution in [0.5, 0.6) is 0 Å². The Kier molecular flexibility index (Phi) is 4.06. The summed E-state index contributed by atoms with van der Waals surface area (Å²) in [6, 6.07) is 9.51. The van der Waals surface area contributed by atoms with E-state index >= 15 is 0 Å². The number of aromatic nitrogens is 2. The Labute approximate surface area is 159 Å². The van der Waals surface area contributed by atoms with Crippen LogP contribution in [0.15, 0.2) is 29.3 Å². The van der Waals surface area contributed by atoms with Gasteiger partial charge in [-0.2, -0.15) is 5.26 Å². The van der Waals surface area contributed by atoms with Crippen LogP contribution in [0.4, 0.5) is 0 Å². The SMILES string of the molecule is CCn1c(=NC#N)n(C2CCN(C3CC4C#CC3C4)CC2)c2ccccc21. The molecule has 1 saturated heterocycles. The van der Waals surface area contributed by atoms with Gasteiger partial charge in [-0.1, -0.05) is 24.0 Å². The summed E-state index contributed by atoms with van der Waals surface area (Å²) >= 11 is 0. The number of aryl methyl sites for hydroxylation is 1. The fourth-order valence-corrected chi connectivity index (χ4v) is 5.47. The molecule has 1 aliphatic heterocycles. The molecule has 3 atom stereocenters. The average molecular weight is 359 g/mol. The van der Waals surface area contributed by atoms with Crippen LogP contribution in [-0.2, 0) is 6.54 Å². The van der Waals surface area contributed by atoms with Crippen LogP contribution < -0.4 is 5.62 Å². The highest BCUT2D eigenvalue weighted by Gasteiger charge is 2.40. The Balaban J connectivity index is 1.45. The number of benzene rings is 1. The van der Waals surface area contributed by atoms with Crippen LogP contribution in [0.25, 0.3) is 11.0 Å². The maximum absolute atomic E-state index is 9.27. The molecule has 5 nitrogen and oxygen atoms in total. The molecule has 2 fully saturated rings. The van der Waals surface area contributed by atoms with E-state index in [1.807, 2.05) is 6.19 Å². The van der Waals surface area contributed by atoms with E-state index in [9.17, 15) is 5.26 Å². The van der Waals surface area contributed by atoms with E-state index in [-0.39, 0.29) is 0 Å². The second-order valence-electron chi connectivity index (χ2n) is 8.01. The zero-order valence-electron chi connectivity index (χ0n) is 15.8. The molecule has 0 N–H and O–H groups in total. The summed E-state index contributed by atoms with van der Waals surface area (Å²) < 4.78 is 4.48. The Morgan fingerprint density at radius 3 is 2.56 bits per heavy atom. The van der Waals surface area contributed by atoms with Crippen molar-refractivity contribution in [3.05, 3.63) is 29.9 Å². The fraction of sp³-hybridized carbons (Fsp3) is 0.545. The molecule has 2 bridgehead atoms. The number of piperidine rings is 1. The predicted octanol–water partition coefficient (Wildman–Crippen LogP) is 2.89. The van der Waals surface area contributed by atoms with Gasteiger partial charge in [0.05, 0.1) is 11.0 Å². The maximum Gasteiger partial charge on any atom is 0.221 e. The fourth-order valence-electron chi connectivity index (χ4n) is 5.47. The highest BCUT2D eigenvalue weighted by molar-refractivity contribution is 5.76. The van der Waals surface area contributed by atoms with Gasteiger partial charge >= 0.3 is 0 Å². The van der Waals surface area contributed by atoms with Crippen molar-refractivity contribution in [1.29, 1.82) is 5.26 Å². The minimum atomic E-state index is 0.399. The van der Waals surface area contributed by atoms with Gasteiger partial charge < -0.3 is 9.13 Å². The first-order chi connectivity index (χ1) is 13.3. The first kappa shape index (κ1) is 16.7. The Morgan fingerprint density at radius 2 is 1.93 bits per heavy atom. The minimum Gasteiger partial charge on any atom is -0.310 e. The van der Waals surface area contributed by atoms with Gasteiger partial charge in [0.1, 0.15) is 0 Å². The molecule has 1 aromatic carbocycles. The molecule has 2 aromatic rings. The summed E-state index contributed by atoms with van der Waals surface area (Å²) in [5.41, 5.74) is 3.16. The number of hydrogen-bond acceptors (Lipinski definition) is 3. The molecular formula is C22H25N5. The summed E-state index contributed by atoms with van der Waals surface area (Å²) in [5, 5.41) is 9.27. The lowest BCUT2D eigenvalue weighted by Crippen LogP contribution is -2.45. The smallest absolute Gasteiger partial charge is 0.221 e. The van der Waals surface area contributed by atoms with Gasteiger partial charge in [0.2, 0.25) is 11.8 Å². The summed E-state index contributed by atoms with van der Waals surface area (Å²) in [6.07, 6.45) is 6.77. The molecule has 3 unspecified atom stereocenters. The molecule has 27 heavy (non-hydrogen) atoms. The molecule has 3 aliphatic rings. The van der Waals surface area contributed by atoms with E-state index in [1.165, 1.54) is 23.9 Å². The van der Waals surface area contributed by atoms with Crippen molar-refractivity contribution in [3.63, 3.8) is 0 Å². The van der Waals surface area contributed by atoms with E-state index in [0.717, 1.165) is 38.1 Å². The van der Waals surface area contributed by atoms with Crippen molar-refractivity contribution in [3.8, 4) is 18.0 Å². The molecule has 0 radical (unpaired) electrons. The first-order valence-corrected chi connectivity index (χ1v) is 10.2. The lowest BCUT2D eigenvalue weighted by molar-refractivity contribution is 0.121. The third kappa shape index (κ3) is 2.61. The van der Waals surface area contributed by atoms with Gasteiger partial charge in [0.25, 0.3) is 0 Å². The number of imidazole rings is 1. The van der Waals surface area contributed by atoms with E-state index in [2.05, 4.69) is 62.1 Å². The standard InChI is InChI=1S/C22H25N5/c1-2-26-19-5-3-4-6-20(19)27(22(26)24-15-23)18-9-11-25(12-10-18)21-14-16-7-8-17(21)13-16/h3-6,16-18,21H,2,9-14H2,1H3. The first-order valence-electron chi connectivity index (χ1n) is 10.2. The molecule has 2 aliphatic carbocycles. The number of hydrogen-bond donors (Lipinski definition) is 0. The van der Waals surface area contributed by atoms with Crippen LogP contribution in [0.1, 0.15) is 38.6 Å². The predicted molar refractivity (Wildman–Crippen MR) is 104 cm³/mol.